The van der Waals surface area contributed by atoms with E-state index in [-0.39, 0.29) is 42.4 Å². The third-order valence-electron chi connectivity index (χ3n) is 7.88. The Morgan fingerprint density at radius 3 is 2.65 bits per heavy atom. The topological polar surface area (TPSA) is 109 Å². The molecule has 1 aliphatic carbocycles. The maximum absolute atomic E-state index is 15.4. The fraction of sp³-hybridized carbons (Fsp3) is 0.583. The van der Waals surface area contributed by atoms with E-state index in [1.807, 2.05) is 18.7 Å². The van der Waals surface area contributed by atoms with Crippen LogP contribution in [0.3, 0.4) is 0 Å². The Hall–Kier alpha value is -3.06. The summed E-state index contributed by atoms with van der Waals surface area (Å²) in [5.74, 6) is -5.70. The second-order valence-corrected chi connectivity index (χ2v) is 11.2. The molecule has 1 aromatic heterocycles. The largest absolute Gasteiger partial charge is 0.366 e. The van der Waals surface area contributed by atoms with Crippen molar-refractivity contribution in [1.82, 2.24) is 35.7 Å². The Morgan fingerprint density at radius 1 is 1.16 bits per heavy atom. The van der Waals surface area contributed by atoms with Gasteiger partial charge in [0, 0.05) is 24.0 Å². The summed E-state index contributed by atoms with van der Waals surface area (Å²) in [7, 11) is 0. The summed E-state index contributed by atoms with van der Waals surface area (Å²) in [6, 6.07) is 2.32. The lowest BCUT2D eigenvalue weighted by Crippen LogP contribution is -2.59. The van der Waals surface area contributed by atoms with Gasteiger partial charge in [-0.05, 0) is 73.6 Å². The standard InChI is InChI=1S/C24H29F4N9/c1-22(2)8-14(5-15-9-23(27,28)11-36(15)22)32-21-19(26)10-30-24(29,33-21)17-7-20(37-12-31-34-35-37)16(6-18(17)25)13-3-4-13/h6-7,10,12-15,32-33H,3-5,8-9,11,29H2,1-2H3/t14-,15-,24?/m1/s1. The molecule has 1 aromatic carbocycles. The van der Waals surface area contributed by atoms with Crippen molar-refractivity contribution >= 4 is 6.21 Å². The number of hydrogen-bond donors (Lipinski definition) is 3. The zero-order valence-electron chi connectivity index (χ0n) is 20.6. The fourth-order valence-corrected chi connectivity index (χ4v) is 6.07. The first-order valence-electron chi connectivity index (χ1n) is 12.4. The molecule has 0 spiro atoms. The van der Waals surface area contributed by atoms with Crippen LogP contribution in [-0.2, 0) is 5.79 Å². The van der Waals surface area contributed by atoms with Crippen molar-refractivity contribution in [2.45, 2.75) is 81.2 Å². The minimum atomic E-state index is -2.75. The molecule has 0 amide bonds. The molecule has 1 unspecified atom stereocenters. The monoisotopic (exact) mass is 519 g/mol. The van der Waals surface area contributed by atoms with Crippen LogP contribution in [0.1, 0.15) is 63.0 Å². The molecule has 2 aromatic rings. The van der Waals surface area contributed by atoms with Crippen molar-refractivity contribution in [1.29, 1.82) is 0 Å². The molecule has 37 heavy (non-hydrogen) atoms. The number of fused-ring (bicyclic) bond motifs is 1. The normalized spacial score (nSPS) is 30.8. The zero-order valence-corrected chi connectivity index (χ0v) is 20.6. The van der Waals surface area contributed by atoms with Crippen LogP contribution in [0.15, 0.2) is 35.1 Å². The van der Waals surface area contributed by atoms with Gasteiger partial charge in [0.1, 0.15) is 18.0 Å². The smallest absolute Gasteiger partial charge is 0.262 e. The van der Waals surface area contributed by atoms with Gasteiger partial charge in [0.2, 0.25) is 5.79 Å². The van der Waals surface area contributed by atoms with Gasteiger partial charge in [0.15, 0.2) is 5.83 Å². The number of nitrogens with one attached hydrogen (secondary N) is 2. The Bertz CT molecular complexity index is 1270. The molecular weight excluding hydrogens is 490 g/mol. The summed E-state index contributed by atoms with van der Waals surface area (Å²) in [5, 5.41) is 17.3. The van der Waals surface area contributed by atoms with E-state index in [1.54, 1.807) is 0 Å². The number of nitrogens with zero attached hydrogens (tertiary/aromatic N) is 6. The molecule has 3 atom stereocenters. The van der Waals surface area contributed by atoms with Crippen molar-refractivity contribution in [2.75, 3.05) is 6.54 Å². The number of allylic oxidation sites excluding steroid dienone is 1. The minimum Gasteiger partial charge on any atom is -0.366 e. The van der Waals surface area contributed by atoms with Gasteiger partial charge in [-0.25, -0.2) is 27.2 Å². The molecule has 4 N–H and O–H groups in total. The van der Waals surface area contributed by atoms with E-state index in [4.69, 9.17) is 5.73 Å². The highest BCUT2D eigenvalue weighted by molar-refractivity contribution is 5.78. The maximum Gasteiger partial charge on any atom is 0.262 e. The number of halogens is 4. The first kappa shape index (κ1) is 24.3. The molecule has 4 heterocycles. The van der Waals surface area contributed by atoms with Crippen molar-refractivity contribution < 1.29 is 17.6 Å². The van der Waals surface area contributed by atoms with Gasteiger partial charge in [-0.3, -0.25) is 10.6 Å². The Morgan fingerprint density at radius 2 is 1.95 bits per heavy atom. The average molecular weight is 520 g/mol. The molecule has 198 valence electrons. The van der Waals surface area contributed by atoms with Gasteiger partial charge >= 0.3 is 0 Å². The van der Waals surface area contributed by atoms with Crippen molar-refractivity contribution in [3.05, 3.63) is 47.1 Å². The molecule has 9 nitrogen and oxygen atoms in total. The number of benzene rings is 1. The number of hydrogen-bond acceptors (Lipinski definition) is 8. The zero-order chi connectivity index (χ0) is 26.2. The molecule has 6 rings (SSSR count). The number of aliphatic imine (C=N–C) groups is 1. The van der Waals surface area contributed by atoms with E-state index in [0.29, 0.717) is 18.5 Å². The molecule has 3 aliphatic heterocycles. The SMILES string of the molecule is CC1(C)C[C@H](NC2=C(F)C=NC(N)(c3cc(-n4cnnn4)c(C4CC4)cc3F)N2)C[C@@H]2CC(F)(F)CN21. The molecule has 13 heteroatoms. The van der Waals surface area contributed by atoms with Crippen LogP contribution >= 0.6 is 0 Å². The Labute approximate surface area is 211 Å². The van der Waals surface area contributed by atoms with Crippen molar-refractivity contribution in [3.63, 3.8) is 0 Å². The molecule has 0 radical (unpaired) electrons. The van der Waals surface area contributed by atoms with E-state index in [1.165, 1.54) is 23.1 Å². The second kappa shape index (κ2) is 8.22. The predicted octanol–water partition coefficient (Wildman–Crippen LogP) is 2.80. The van der Waals surface area contributed by atoms with E-state index in [9.17, 15) is 13.2 Å². The summed E-state index contributed by atoms with van der Waals surface area (Å²) in [6.45, 7) is 3.56. The maximum atomic E-state index is 15.4. The van der Waals surface area contributed by atoms with E-state index < -0.39 is 28.9 Å². The van der Waals surface area contributed by atoms with Gasteiger partial charge in [0.25, 0.3) is 5.92 Å². The van der Waals surface area contributed by atoms with Gasteiger partial charge in [-0.2, -0.15) is 0 Å². The third-order valence-corrected chi connectivity index (χ3v) is 7.88. The predicted molar refractivity (Wildman–Crippen MR) is 127 cm³/mol. The quantitative estimate of drug-likeness (QED) is 0.522. The van der Waals surface area contributed by atoms with Crippen LogP contribution in [0.4, 0.5) is 17.6 Å². The van der Waals surface area contributed by atoms with E-state index >= 15 is 4.39 Å². The van der Waals surface area contributed by atoms with Crippen LogP contribution in [0, 0.1) is 5.82 Å². The lowest BCUT2D eigenvalue weighted by atomic mass is 9.83. The number of rotatable bonds is 5. The molecule has 3 fully saturated rings. The van der Waals surface area contributed by atoms with Crippen LogP contribution in [0.25, 0.3) is 5.69 Å². The second-order valence-electron chi connectivity index (χ2n) is 11.2. The number of nitrogens with two attached hydrogens (primary N) is 1. The summed E-state index contributed by atoms with van der Waals surface area (Å²) in [6.07, 6.45) is 4.93. The number of tetrazole rings is 1. The summed E-state index contributed by atoms with van der Waals surface area (Å²) < 4.78 is 60.1. The van der Waals surface area contributed by atoms with Gasteiger partial charge < -0.3 is 10.6 Å². The summed E-state index contributed by atoms with van der Waals surface area (Å²) in [4.78, 5) is 5.93. The Kier molecular flexibility index (Phi) is 5.40. The lowest BCUT2D eigenvalue weighted by Gasteiger charge is -2.48. The average Bonchev–Trinajstić information content (AvgIpc) is 3.41. The number of aromatic nitrogens is 4. The van der Waals surface area contributed by atoms with Crippen molar-refractivity contribution in [3.8, 4) is 5.69 Å². The highest BCUT2D eigenvalue weighted by Crippen LogP contribution is 2.45. The van der Waals surface area contributed by atoms with Crippen LogP contribution in [0.2, 0.25) is 0 Å². The van der Waals surface area contributed by atoms with Crippen molar-refractivity contribution in [2.24, 2.45) is 10.7 Å². The van der Waals surface area contributed by atoms with Gasteiger partial charge in [-0.1, -0.05) is 0 Å². The molecular formula is C24H29F4N9. The minimum absolute atomic E-state index is 0.00367. The van der Waals surface area contributed by atoms with E-state index in [0.717, 1.165) is 24.6 Å². The van der Waals surface area contributed by atoms with Gasteiger partial charge in [-0.15, -0.1) is 5.10 Å². The highest BCUT2D eigenvalue weighted by Gasteiger charge is 2.53. The third kappa shape index (κ3) is 4.37. The first-order chi connectivity index (χ1) is 17.4. The van der Waals surface area contributed by atoms with Crippen LogP contribution in [0.5, 0.6) is 0 Å². The molecule has 2 saturated heterocycles. The Balaban J connectivity index is 1.27. The highest BCUT2D eigenvalue weighted by atomic mass is 19.3. The summed E-state index contributed by atoms with van der Waals surface area (Å²) in [5.41, 5.74) is 7.35. The number of alkyl halides is 2. The molecule has 4 aliphatic rings. The van der Waals surface area contributed by atoms with Crippen LogP contribution in [-0.4, -0.2) is 61.4 Å². The van der Waals surface area contributed by atoms with Crippen LogP contribution < -0.4 is 16.4 Å². The molecule has 1 saturated carbocycles. The molecule has 0 bridgehead atoms. The summed E-state index contributed by atoms with van der Waals surface area (Å²) >= 11 is 0. The van der Waals surface area contributed by atoms with Gasteiger partial charge in [0.05, 0.1) is 24.0 Å². The van der Waals surface area contributed by atoms with E-state index in [2.05, 4.69) is 31.2 Å². The fourth-order valence-electron chi connectivity index (χ4n) is 6.07. The number of piperidine rings is 1. The lowest BCUT2D eigenvalue weighted by molar-refractivity contribution is -0.00901. The first-order valence-corrected chi connectivity index (χ1v) is 12.4.